The zero-order valence-corrected chi connectivity index (χ0v) is 25.2. The van der Waals surface area contributed by atoms with Crippen LogP contribution in [0.4, 0.5) is 5.69 Å². The smallest absolute Gasteiger partial charge is 0.337 e. The second kappa shape index (κ2) is 12.3. The summed E-state index contributed by atoms with van der Waals surface area (Å²) in [6.07, 6.45) is 0. The summed E-state index contributed by atoms with van der Waals surface area (Å²) in [5.74, 6) is -2.31. The van der Waals surface area contributed by atoms with Gasteiger partial charge in [0.2, 0.25) is 0 Å². The highest BCUT2D eigenvalue weighted by Gasteiger charge is 2.68. The van der Waals surface area contributed by atoms with E-state index in [2.05, 4.69) is 0 Å². The fraction of sp³-hybridized carbons (Fsp3) is 0.162. The molecule has 226 valence electrons. The first-order chi connectivity index (χ1) is 22.0. The number of benzene rings is 4. The van der Waals surface area contributed by atoms with Gasteiger partial charge >= 0.3 is 17.9 Å². The summed E-state index contributed by atoms with van der Waals surface area (Å²) in [5, 5.41) is 3.71. The van der Waals surface area contributed by atoms with Crippen LogP contribution in [-0.4, -0.2) is 49.8 Å². The van der Waals surface area contributed by atoms with Crippen LogP contribution in [0.2, 0.25) is 0 Å². The molecule has 8 nitrogen and oxygen atoms in total. The molecular formula is C37H32N2O6. The molecule has 2 unspecified atom stereocenters. The Balaban J connectivity index is 1.89. The Morgan fingerprint density at radius 1 is 0.689 bits per heavy atom. The Kier molecular flexibility index (Phi) is 8.06. The van der Waals surface area contributed by atoms with Gasteiger partial charge in [-0.05, 0) is 30.2 Å². The van der Waals surface area contributed by atoms with Crippen LogP contribution in [0.5, 0.6) is 0 Å². The van der Waals surface area contributed by atoms with Crippen molar-refractivity contribution < 1.29 is 28.6 Å². The van der Waals surface area contributed by atoms with E-state index in [-0.39, 0.29) is 17.8 Å². The predicted molar refractivity (Wildman–Crippen MR) is 170 cm³/mol. The lowest BCUT2D eigenvalue weighted by atomic mass is 9.73. The van der Waals surface area contributed by atoms with Gasteiger partial charge in [0.15, 0.2) is 6.04 Å². The van der Waals surface area contributed by atoms with Crippen molar-refractivity contribution in [1.82, 2.24) is 5.01 Å². The summed E-state index contributed by atoms with van der Waals surface area (Å²) in [6.45, 7) is 1.75. The summed E-state index contributed by atoms with van der Waals surface area (Å²) >= 11 is 0. The van der Waals surface area contributed by atoms with E-state index in [9.17, 15) is 14.4 Å². The molecule has 0 fully saturated rings. The molecule has 2 heterocycles. The molecular weight excluding hydrogens is 568 g/mol. The number of hydrogen-bond acceptors (Lipinski definition) is 8. The summed E-state index contributed by atoms with van der Waals surface area (Å²) in [4.78, 5) is 42.3. The molecule has 2 atom stereocenters. The fourth-order valence-electron chi connectivity index (χ4n) is 6.51. The first-order valence-electron chi connectivity index (χ1n) is 14.6. The molecule has 2 aliphatic heterocycles. The average Bonchev–Trinajstić information content (AvgIpc) is 3.58. The minimum atomic E-state index is -1.54. The Bertz CT molecular complexity index is 1790. The SMILES string of the molecule is CCOC(=O)C1C(C(=O)OC)=C(C(=O)OC)C2(c3ccccc3)C(c3ccccc3)=C(c3ccccc3)N(c3ccccc3)N12. The summed E-state index contributed by atoms with van der Waals surface area (Å²) in [7, 11) is 2.49. The lowest BCUT2D eigenvalue weighted by molar-refractivity contribution is -0.151. The van der Waals surface area contributed by atoms with Crippen molar-refractivity contribution in [3.8, 4) is 0 Å². The third-order valence-corrected chi connectivity index (χ3v) is 8.13. The van der Waals surface area contributed by atoms with Gasteiger partial charge in [-0.3, -0.25) is 5.01 Å². The van der Waals surface area contributed by atoms with Crippen LogP contribution in [-0.2, 0) is 34.1 Å². The Hall–Kier alpha value is -5.47. The van der Waals surface area contributed by atoms with E-state index in [1.807, 2.05) is 126 Å². The Morgan fingerprint density at radius 3 is 1.73 bits per heavy atom. The molecule has 0 saturated carbocycles. The number of fused-ring (bicyclic) bond motifs is 1. The number of para-hydroxylation sites is 1. The lowest BCUT2D eigenvalue weighted by Crippen LogP contribution is -2.55. The molecule has 6 rings (SSSR count). The number of hydrogen-bond donors (Lipinski definition) is 0. The van der Waals surface area contributed by atoms with Gasteiger partial charge in [-0.2, -0.15) is 5.01 Å². The van der Waals surface area contributed by atoms with Gasteiger partial charge in [0.25, 0.3) is 0 Å². The summed E-state index contributed by atoms with van der Waals surface area (Å²) < 4.78 is 16.4. The fourth-order valence-corrected chi connectivity index (χ4v) is 6.51. The van der Waals surface area contributed by atoms with Crippen molar-refractivity contribution in [3.05, 3.63) is 149 Å². The zero-order chi connectivity index (χ0) is 31.6. The molecule has 0 aromatic heterocycles. The van der Waals surface area contributed by atoms with E-state index in [0.717, 1.165) is 16.8 Å². The van der Waals surface area contributed by atoms with Crippen LogP contribution in [0.25, 0.3) is 11.3 Å². The minimum Gasteiger partial charge on any atom is -0.466 e. The number of rotatable bonds is 8. The molecule has 0 amide bonds. The summed E-state index contributed by atoms with van der Waals surface area (Å²) in [5.41, 5.74) is 2.64. The minimum absolute atomic E-state index is 0.0215. The molecule has 0 N–H and O–H groups in total. The number of carbonyl (C=O) groups is 3. The van der Waals surface area contributed by atoms with Gasteiger partial charge in [0.05, 0.1) is 43.4 Å². The zero-order valence-electron chi connectivity index (χ0n) is 25.2. The highest BCUT2D eigenvalue weighted by molar-refractivity contribution is 6.16. The van der Waals surface area contributed by atoms with E-state index < -0.39 is 29.5 Å². The molecule has 0 spiro atoms. The highest BCUT2D eigenvalue weighted by atomic mass is 16.5. The molecule has 0 radical (unpaired) electrons. The number of hydrazine groups is 1. The van der Waals surface area contributed by atoms with E-state index in [1.54, 1.807) is 11.9 Å². The third kappa shape index (κ3) is 4.62. The quantitative estimate of drug-likeness (QED) is 0.186. The second-order valence-corrected chi connectivity index (χ2v) is 10.5. The van der Waals surface area contributed by atoms with Gasteiger partial charge in [-0.25, -0.2) is 14.4 Å². The van der Waals surface area contributed by atoms with E-state index in [1.165, 1.54) is 14.2 Å². The van der Waals surface area contributed by atoms with Gasteiger partial charge in [-0.1, -0.05) is 109 Å². The molecule has 4 aromatic carbocycles. The van der Waals surface area contributed by atoms with Crippen molar-refractivity contribution in [3.63, 3.8) is 0 Å². The molecule has 0 aliphatic carbocycles. The van der Waals surface area contributed by atoms with E-state index in [4.69, 9.17) is 14.2 Å². The number of anilines is 1. The topological polar surface area (TPSA) is 85.4 Å². The third-order valence-electron chi connectivity index (χ3n) is 8.13. The number of carbonyl (C=O) groups excluding carboxylic acids is 3. The highest BCUT2D eigenvalue weighted by Crippen LogP contribution is 2.63. The standard InChI is InChI=1S/C37H32N2O6/c1-4-45-36(42)33-29(34(40)43-2)31(35(41)44-3)37(27-21-13-7-14-22-27)30(25-17-9-5-10-18-25)32(26-19-11-6-12-20-26)38(39(33)37)28-23-15-8-16-24-28/h5-24,33H,4H2,1-3H3. The molecule has 8 heteroatoms. The van der Waals surface area contributed by atoms with Crippen LogP contribution < -0.4 is 5.01 Å². The van der Waals surface area contributed by atoms with Gasteiger partial charge in [0, 0.05) is 11.1 Å². The number of esters is 3. The molecule has 0 saturated heterocycles. The van der Waals surface area contributed by atoms with Crippen molar-refractivity contribution >= 4 is 34.9 Å². The first kappa shape index (κ1) is 29.6. The van der Waals surface area contributed by atoms with Crippen LogP contribution in [0.3, 0.4) is 0 Å². The monoisotopic (exact) mass is 600 g/mol. The Labute approximate surface area is 261 Å². The Morgan fingerprint density at radius 2 is 1.20 bits per heavy atom. The normalized spacial score (nSPS) is 19.4. The van der Waals surface area contributed by atoms with Crippen molar-refractivity contribution in [2.24, 2.45) is 0 Å². The first-order valence-corrected chi connectivity index (χ1v) is 14.6. The molecule has 0 bridgehead atoms. The number of methoxy groups -OCH3 is 2. The largest absolute Gasteiger partial charge is 0.466 e. The average molecular weight is 601 g/mol. The van der Waals surface area contributed by atoms with E-state index in [0.29, 0.717) is 16.8 Å². The molecule has 45 heavy (non-hydrogen) atoms. The number of nitrogens with zero attached hydrogens (tertiary/aromatic N) is 2. The lowest BCUT2D eigenvalue weighted by Gasteiger charge is -2.42. The van der Waals surface area contributed by atoms with Crippen molar-refractivity contribution in [1.29, 1.82) is 0 Å². The number of ether oxygens (including phenoxy) is 3. The van der Waals surface area contributed by atoms with Gasteiger partial charge in [-0.15, -0.1) is 0 Å². The summed E-state index contributed by atoms with van der Waals surface area (Å²) in [6, 6.07) is 37.0. The van der Waals surface area contributed by atoms with E-state index >= 15 is 0 Å². The van der Waals surface area contributed by atoms with Crippen molar-refractivity contribution in [2.75, 3.05) is 25.8 Å². The van der Waals surface area contributed by atoms with Crippen LogP contribution in [0, 0.1) is 0 Å². The van der Waals surface area contributed by atoms with Gasteiger partial charge < -0.3 is 14.2 Å². The van der Waals surface area contributed by atoms with Crippen molar-refractivity contribution in [2.45, 2.75) is 18.5 Å². The second-order valence-electron chi connectivity index (χ2n) is 10.5. The molecule has 2 aliphatic rings. The maximum atomic E-state index is 14.2. The maximum Gasteiger partial charge on any atom is 0.337 e. The molecule has 4 aromatic rings. The van der Waals surface area contributed by atoms with Gasteiger partial charge in [0.1, 0.15) is 5.54 Å². The van der Waals surface area contributed by atoms with Crippen LogP contribution >= 0.6 is 0 Å². The maximum absolute atomic E-state index is 14.2. The van der Waals surface area contributed by atoms with Crippen LogP contribution in [0.1, 0.15) is 23.6 Å². The predicted octanol–water partition coefficient (Wildman–Crippen LogP) is 5.78. The van der Waals surface area contributed by atoms with Crippen LogP contribution in [0.15, 0.2) is 132 Å².